The second-order valence-electron chi connectivity index (χ2n) is 1.94. The van der Waals surface area contributed by atoms with E-state index in [2.05, 4.69) is 20.9 Å². The van der Waals surface area contributed by atoms with Gasteiger partial charge in [0.15, 0.2) is 0 Å². The summed E-state index contributed by atoms with van der Waals surface area (Å²) in [7, 11) is 0. The summed E-state index contributed by atoms with van der Waals surface area (Å²) >= 11 is 4.72. The van der Waals surface area contributed by atoms with E-state index >= 15 is 0 Å². The number of hydrogen-bond donors (Lipinski definition) is 0. The highest BCUT2D eigenvalue weighted by atomic mass is 127. The van der Waals surface area contributed by atoms with Gasteiger partial charge in [-0.3, -0.25) is 0 Å². The SMILES string of the molecule is Fc1nc(Br)c(I)cc1C(F)F. The van der Waals surface area contributed by atoms with Crippen LogP contribution < -0.4 is 0 Å². The first kappa shape index (κ1) is 10.2. The largest absolute Gasteiger partial charge is 0.268 e. The fraction of sp³-hybridized carbons (Fsp3) is 0.167. The average molecular weight is 352 g/mol. The molecule has 1 nitrogen and oxygen atoms in total. The molecule has 0 atom stereocenters. The zero-order valence-corrected chi connectivity index (χ0v) is 9.24. The van der Waals surface area contributed by atoms with Gasteiger partial charge in [-0.25, -0.2) is 13.8 Å². The lowest BCUT2D eigenvalue weighted by molar-refractivity contribution is 0.145. The Morgan fingerprint density at radius 2 is 2.08 bits per heavy atom. The Hall–Kier alpha value is 0.150. The summed E-state index contributed by atoms with van der Waals surface area (Å²) < 4.78 is 37.4. The number of halogens is 5. The highest BCUT2D eigenvalue weighted by molar-refractivity contribution is 14.1. The van der Waals surface area contributed by atoms with E-state index in [1.165, 1.54) is 0 Å². The lowest BCUT2D eigenvalue weighted by atomic mass is 10.3. The molecule has 0 spiro atoms. The summed E-state index contributed by atoms with van der Waals surface area (Å²) in [6.07, 6.45) is -2.82. The summed E-state index contributed by atoms with van der Waals surface area (Å²) in [6.45, 7) is 0. The number of aromatic nitrogens is 1. The third-order valence-corrected chi connectivity index (χ3v) is 3.32. The summed E-state index contributed by atoms with van der Waals surface area (Å²) in [4.78, 5) is 3.26. The van der Waals surface area contributed by atoms with E-state index < -0.39 is 17.9 Å². The van der Waals surface area contributed by atoms with Crippen LogP contribution in [0.3, 0.4) is 0 Å². The predicted molar refractivity (Wildman–Crippen MR) is 49.6 cm³/mol. The van der Waals surface area contributed by atoms with Gasteiger partial charge in [-0.2, -0.15) is 4.39 Å². The van der Waals surface area contributed by atoms with Crippen molar-refractivity contribution < 1.29 is 13.2 Å². The summed E-state index contributed by atoms with van der Waals surface area (Å²) in [5, 5.41) is 0. The van der Waals surface area contributed by atoms with Crippen LogP contribution in [0.2, 0.25) is 0 Å². The minimum Gasteiger partial charge on any atom is -0.211 e. The number of hydrogen-bond acceptors (Lipinski definition) is 1. The van der Waals surface area contributed by atoms with E-state index in [4.69, 9.17) is 0 Å². The molecule has 1 heterocycles. The van der Waals surface area contributed by atoms with Gasteiger partial charge in [0.2, 0.25) is 5.95 Å². The Bertz CT molecular complexity index is 305. The van der Waals surface area contributed by atoms with Crippen LogP contribution in [0, 0.1) is 9.52 Å². The molecule has 0 fully saturated rings. The van der Waals surface area contributed by atoms with Gasteiger partial charge in [-0.15, -0.1) is 0 Å². The molecule has 0 N–H and O–H groups in total. The quantitative estimate of drug-likeness (QED) is 0.557. The second-order valence-corrected chi connectivity index (χ2v) is 3.86. The predicted octanol–water partition coefficient (Wildman–Crippen LogP) is 3.53. The lowest BCUT2D eigenvalue weighted by Crippen LogP contribution is -1.96. The van der Waals surface area contributed by atoms with Crippen LogP contribution in [-0.2, 0) is 0 Å². The minimum atomic E-state index is -2.82. The first-order chi connectivity index (χ1) is 5.52. The van der Waals surface area contributed by atoms with Gasteiger partial charge in [0.05, 0.1) is 5.56 Å². The van der Waals surface area contributed by atoms with Gasteiger partial charge in [0, 0.05) is 3.57 Å². The molecule has 0 aliphatic heterocycles. The molecule has 1 aromatic heterocycles. The monoisotopic (exact) mass is 351 g/mol. The molecule has 0 aliphatic carbocycles. The normalized spacial score (nSPS) is 10.8. The van der Waals surface area contributed by atoms with E-state index in [0.717, 1.165) is 6.07 Å². The van der Waals surface area contributed by atoms with Crippen LogP contribution in [0.5, 0.6) is 0 Å². The molecule has 12 heavy (non-hydrogen) atoms. The maximum absolute atomic E-state index is 12.7. The Morgan fingerprint density at radius 3 is 2.58 bits per heavy atom. The van der Waals surface area contributed by atoms with E-state index in [1.54, 1.807) is 22.6 Å². The Morgan fingerprint density at radius 1 is 1.50 bits per heavy atom. The Labute approximate surface area is 88.6 Å². The number of pyridine rings is 1. The van der Waals surface area contributed by atoms with Crippen molar-refractivity contribution in [3.8, 4) is 0 Å². The molecule has 0 bridgehead atoms. The van der Waals surface area contributed by atoms with Crippen LogP contribution in [0.4, 0.5) is 13.2 Å². The fourth-order valence-corrected chi connectivity index (χ4v) is 1.34. The van der Waals surface area contributed by atoms with E-state index in [1.807, 2.05) is 0 Å². The molecular weight excluding hydrogens is 350 g/mol. The van der Waals surface area contributed by atoms with Gasteiger partial charge in [-0.1, -0.05) is 0 Å². The zero-order chi connectivity index (χ0) is 9.30. The number of nitrogens with zero attached hydrogens (tertiary/aromatic N) is 1. The molecule has 6 heteroatoms. The second kappa shape index (κ2) is 3.91. The highest BCUT2D eigenvalue weighted by Gasteiger charge is 2.16. The Kier molecular flexibility index (Phi) is 3.33. The summed E-state index contributed by atoms with van der Waals surface area (Å²) in [5.74, 6) is -1.13. The van der Waals surface area contributed by atoms with Crippen molar-refractivity contribution in [2.75, 3.05) is 0 Å². The first-order valence-corrected chi connectivity index (χ1v) is 4.69. The van der Waals surface area contributed by atoms with E-state index in [0.29, 0.717) is 3.57 Å². The molecule has 1 aromatic rings. The maximum atomic E-state index is 12.7. The third-order valence-electron chi connectivity index (χ3n) is 1.15. The first-order valence-electron chi connectivity index (χ1n) is 2.82. The molecule has 0 radical (unpaired) electrons. The van der Waals surface area contributed by atoms with Crippen molar-refractivity contribution in [2.24, 2.45) is 0 Å². The van der Waals surface area contributed by atoms with Crippen molar-refractivity contribution in [3.63, 3.8) is 0 Å². The molecular formula is C6H2BrF3IN. The molecule has 66 valence electrons. The molecule has 0 saturated carbocycles. The van der Waals surface area contributed by atoms with Crippen molar-refractivity contribution in [2.45, 2.75) is 6.43 Å². The van der Waals surface area contributed by atoms with Crippen molar-refractivity contribution in [1.29, 1.82) is 0 Å². The van der Waals surface area contributed by atoms with Crippen LogP contribution in [0.25, 0.3) is 0 Å². The molecule has 0 unspecified atom stereocenters. The molecule has 0 saturated heterocycles. The van der Waals surface area contributed by atoms with Gasteiger partial charge < -0.3 is 0 Å². The van der Waals surface area contributed by atoms with Crippen LogP contribution in [0.15, 0.2) is 10.7 Å². The fourth-order valence-electron chi connectivity index (χ4n) is 0.613. The minimum absolute atomic E-state index is 0.241. The Balaban J connectivity index is 3.23. The lowest BCUT2D eigenvalue weighted by Gasteiger charge is -2.02. The van der Waals surface area contributed by atoms with Gasteiger partial charge >= 0.3 is 0 Å². The van der Waals surface area contributed by atoms with Crippen LogP contribution >= 0.6 is 38.5 Å². The van der Waals surface area contributed by atoms with Gasteiger partial charge in [-0.05, 0) is 44.6 Å². The molecule has 1 rings (SSSR count). The maximum Gasteiger partial charge on any atom is 0.268 e. The van der Waals surface area contributed by atoms with Gasteiger partial charge in [0.25, 0.3) is 6.43 Å². The van der Waals surface area contributed by atoms with Crippen molar-refractivity contribution in [1.82, 2.24) is 4.98 Å². The van der Waals surface area contributed by atoms with Crippen molar-refractivity contribution >= 4 is 38.5 Å². The smallest absolute Gasteiger partial charge is 0.211 e. The zero-order valence-electron chi connectivity index (χ0n) is 5.49. The average Bonchev–Trinajstić information content (AvgIpc) is 1.96. The molecule has 0 aromatic carbocycles. The van der Waals surface area contributed by atoms with Crippen LogP contribution in [0.1, 0.15) is 12.0 Å². The van der Waals surface area contributed by atoms with E-state index in [9.17, 15) is 13.2 Å². The number of rotatable bonds is 1. The molecule has 0 amide bonds. The standard InChI is InChI=1S/C6H2BrF3IN/c7-4-3(11)1-2(5(8)9)6(10)12-4/h1,5H. The van der Waals surface area contributed by atoms with Crippen LogP contribution in [-0.4, -0.2) is 4.98 Å². The summed E-state index contributed by atoms with van der Waals surface area (Å²) in [5.41, 5.74) is -0.664. The highest BCUT2D eigenvalue weighted by Crippen LogP contribution is 2.26. The molecule has 0 aliphatic rings. The third kappa shape index (κ3) is 2.09. The van der Waals surface area contributed by atoms with E-state index in [-0.39, 0.29) is 4.60 Å². The van der Waals surface area contributed by atoms with Crippen molar-refractivity contribution in [3.05, 3.63) is 25.8 Å². The number of alkyl halides is 2. The summed E-state index contributed by atoms with van der Waals surface area (Å²) in [6, 6.07) is 1.07. The van der Waals surface area contributed by atoms with Gasteiger partial charge in [0.1, 0.15) is 4.60 Å². The topological polar surface area (TPSA) is 12.9 Å².